The van der Waals surface area contributed by atoms with Gasteiger partial charge < -0.3 is 5.73 Å². The van der Waals surface area contributed by atoms with Gasteiger partial charge >= 0.3 is 0 Å². The Balaban J connectivity index is 2.49. The van der Waals surface area contributed by atoms with Crippen molar-refractivity contribution in [2.45, 2.75) is 13.3 Å². The monoisotopic (exact) mass is 239 g/mol. The lowest BCUT2D eigenvalue weighted by Crippen LogP contribution is -2.14. The lowest BCUT2D eigenvalue weighted by atomic mass is 10.0. The van der Waals surface area contributed by atoms with Crippen molar-refractivity contribution in [2.24, 2.45) is 10.7 Å². The van der Waals surface area contributed by atoms with E-state index in [0.29, 0.717) is 5.84 Å². The fourth-order valence-electron chi connectivity index (χ4n) is 1.84. The van der Waals surface area contributed by atoms with Gasteiger partial charge in [0.2, 0.25) is 0 Å². The highest BCUT2D eigenvalue weighted by molar-refractivity contribution is 6.03. The van der Waals surface area contributed by atoms with Crippen LogP contribution in [0.3, 0.4) is 0 Å². The molecule has 0 unspecified atom stereocenters. The van der Waals surface area contributed by atoms with Gasteiger partial charge in [0.25, 0.3) is 0 Å². The van der Waals surface area contributed by atoms with Crippen molar-refractivity contribution in [3.05, 3.63) is 53.7 Å². The van der Waals surface area contributed by atoms with E-state index in [1.807, 2.05) is 36.5 Å². The van der Waals surface area contributed by atoms with Crippen LogP contribution in [0.25, 0.3) is 11.3 Å². The molecule has 1 aromatic heterocycles. The Morgan fingerprint density at radius 3 is 2.61 bits per heavy atom. The smallest absolute Gasteiger partial charge is 0.126 e. The van der Waals surface area contributed by atoms with Crippen molar-refractivity contribution in [1.82, 2.24) is 4.98 Å². The number of nitrogens with zero attached hydrogens (tertiary/aromatic N) is 2. The molecule has 2 rings (SSSR count). The largest absolute Gasteiger partial charge is 0.383 e. The molecule has 0 saturated carbocycles. The van der Waals surface area contributed by atoms with Crippen LogP contribution in [0.15, 0.2) is 47.6 Å². The van der Waals surface area contributed by atoms with Gasteiger partial charge in [-0.25, -0.2) is 0 Å². The normalized spacial score (nSPS) is 11.6. The second kappa shape index (κ2) is 5.45. The van der Waals surface area contributed by atoms with Gasteiger partial charge in [-0.2, -0.15) is 0 Å². The Morgan fingerprint density at radius 2 is 2.00 bits per heavy atom. The predicted octanol–water partition coefficient (Wildman–Crippen LogP) is 2.65. The van der Waals surface area contributed by atoms with Gasteiger partial charge in [-0.1, -0.05) is 37.3 Å². The minimum atomic E-state index is 0.534. The van der Waals surface area contributed by atoms with Crippen LogP contribution in [-0.4, -0.2) is 17.9 Å². The Morgan fingerprint density at radius 1 is 1.22 bits per heavy atom. The minimum Gasteiger partial charge on any atom is -0.383 e. The average molecular weight is 239 g/mol. The van der Waals surface area contributed by atoms with E-state index in [2.05, 4.69) is 23.0 Å². The van der Waals surface area contributed by atoms with Crippen molar-refractivity contribution < 1.29 is 0 Å². The van der Waals surface area contributed by atoms with E-state index in [-0.39, 0.29) is 0 Å². The Kier molecular flexibility index (Phi) is 3.72. The molecule has 0 aliphatic carbocycles. The molecule has 92 valence electrons. The summed E-state index contributed by atoms with van der Waals surface area (Å²) in [4.78, 5) is 8.53. The molecule has 0 spiro atoms. The number of nitrogens with two attached hydrogens (primary N) is 1. The molecule has 0 saturated heterocycles. The molecule has 2 N–H and O–H groups in total. The maximum atomic E-state index is 5.91. The van der Waals surface area contributed by atoms with Crippen LogP contribution in [0.5, 0.6) is 0 Å². The number of amidine groups is 1. The second-order valence-electron chi connectivity index (χ2n) is 4.06. The topological polar surface area (TPSA) is 51.3 Å². The Bertz CT molecular complexity index is 556. The van der Waals surface area contributed by atoms with Gasteiger partial charge in [0, 0.05) is 24.4 Å². The zero-order valence-corrected chi connectivity index (χ0v) is 10.7. The molecular formula is C15H17N3. The second-order valence-corrected chi connectivity index (χ2v) is 4.06. The third kappa shape index (κ3) is 2.40. The first-order valence-corrected chi connectivity index (χ1v) is 6.03. The van der Waals surface area contributed by atoms with Gasteiger partial charge in [0.05, 0.1) is 5.69 Å². The highest BCUT2D eigenvalue weighted by Crippen LogP contribution is 2.21. The summed E-state index contributed by atoms with van der Waals surface area (Å²) in [5.41, 5.74) is 10.0. The number of rotatable bonds is 3. The molecule has 0 aliphatic heterocycles. The van der Waals surface area contributed by atoms with Crippen LogP contribution in [-0.2, 0) is 6.42 Å². The number of hydrogen-bond donors (Lipinski definition) is 1. The number of benzene rings is 1. The first kappa shape index (κ1) is 12.3. The van der Waals surface area contributed by atoms with E-state index in [1.165, 1.54) is 5.56 Å². The SMILES string of the molecule is CCc1ccc(-c2ccccc2C(N)=NC)nc1. The molecule has 1 aromatic carbocycles. The molecule has 3 nitrogen and oxygen atoms in total. The molecule has 0 aliphatic rings. The molecule has 1 heterocycles. The summed E-state index contributed by atoms with van der Waals surface area (Å²) >= 11 is 0. The number of hydrogen-bond acceptors (Lipinski definition) is 2. The van der Waals surface area contributed by atoms with E-state index >= 15 is 0 Å². The maximum Gasteiger partial charge on any atom is 0.126 e. The zero-order valence-electron chi connectivity index (χ0n) is 10.7. The van der Waals surface area contributed by atoms with Crippen molar-refractivity contribution in [2.75, 3.05) is 7.05 Å². The molecular weight excluding hydrogens is 222 g/mol. The fraction of sp³-hybridized carbons (Fsp3) is 0.200. The number of pyridine rings is 1. The average Bonchev–Trinajstić information content (AvgIpc) is 2.46. The summed E-state index contributed by atoms with van der Waals surface area (Å²) in [6.07, 6.45) is 2.90. The first-order chi connectivity index (χ1) is 8.76. The highest BCUT2D eigenvalue weighted by atomic mass is 14.8. The van der Waals surface area contributed by atoms with Crippen LogP contribution < -0.4 is 5.73 Å². The van der Waals surface area contributed by atoms with Crippen LogP contribution in [0.1, 0.15) is 18.1 Å². The molecule has 0 radical (unpaired) electrons. The summed E-state index contributed by atoms with van der Waals surface area (Å²) < 4.78 is 0. The fourth-order valence-corrected chi connectivity index (χ4v) is 1.84. The molecule has 0 bridgehead atoms. The van der Waals surface area contributed by atoms with E-state index < -0.39 is 0 Å². The third-order valence-corrected chi connectivity index (χ3v) is 2.95. The summed E-state index contributed by atoms with van der Waals surface area (Å²) in [5, 5.41) is 0. The Hall–Kier alpha value is -2.16. The molecule has 18 heavy (non-hydrogen) atoms. The van der Waals surface area contributed by atoms with Gasteiger partial charge in [-0.3, -0.25) is 9.98 Å². The van der Waals surface area contributed by atoms with Crippen molar-refractivity contribution in [1.29, 1.82) is 0 Å². The zero-order chi connectivity index (χ0) is 13.0. The maximum absolute atomic E-state index is 5.91. The number of aliphatic imine (C=N–C) groups is 1. The van der Waals surface area contributed by atoms with Crippen LogP contribution in [0.4, 0.5) is 0 Å². The summed E-state index contributed by atoms with van der Waals surface area (Å²) in [7, 11) is 1.69. The standard InChI is InChI=1S/C15H17N3/c1-3-11-8-9-14(18-10-11)12-6-4-5-7-13(12)15(16)17-2/h4-10H,3H2,1-2H3,(H2,16,17). The quantitative estimate of drug-likeness (QED) is 0.661. The third-order valence-electron chi connectivity index (χ3n) is 2.95. The lowest BCUT2D eigenvalue weighted by molar-refractivity contribution is 1.10. The van der Waals surface area contributed by atoms with Gasteiger partial charge in [0.1, 0.15) is 5.84 Å². The predicted molar refractivity (Wildman–Crippen MR) is 75.7 cm³/mol. The summed E-state index contributed by atoms with van der Waals surface area (Å²) in [5.74, 6) is 0.534. The number of aryl methyl sites for hydroxylation is 1. The van der Waals surface area contributed by atoms with E-state index in [0.717, 1.165) is 23.2 Å². The molecule has 2 aromatic rings. The van der Waals surface area contributed by atoms with Crippen LogP contribution in [0.2, 0.25) is 0 Å². The minimum absolute atomic E-state index is 0.534. The van der Waals surface area contributed by atoms with Crippen LogP contribution >= 0.6 is 0 Å². The number of aromatic nitrogens is 1. The molecule has 0 fully saturated rings. The van der Waals surface area contributed by atoms with E-state index in [9.17, 15) is 0 Å². The van der Waals surface area contributed by atoms with Gasteiger partial charge in [-0.05, 0) is 18.1 Å². The molecule has 3 heteroatoms. The lowest BCUT2D eigenvalue weighted by Gasteiger charge is -2.08. The van der Waals surface area contributed by atoms with Gasteiger partial charge in [0.15, 0.2) is 0 Å². The first-order valence-electron chi connectivity index (χ1n) is 6.03. The summed E-state index contributed by atoms with van der Waals surface area (Å²) in [6.45, 7) is 2.12. The van der Waals surface area contributed by atoms with Gasteiger partial charge in [-0.15, -0.1) is 0 Å². The molecule has 0 atom stereocenters. The van der Waals surface area contributed by atoms with Crippen molar-refractivity contribution in [3.8, 4) is 11.3 Å². The highest BCUT2D eigenvalue weighted by Gasteiger charge is 2.08. The van der Waals surface area contributed by atoms with Crippen LogP contribution in [0, 0.1) is 0 Å². The summed E-state index contributed by atoms with van der Waals surface area (Å²) in [6, 6.07) is 12.0. The van der Waals surface area contributed by atoms with E-state index in [1.54, 1.807) is 7.05 Å². The Labute approximate surface area is 107 Å². The van der Waals surface area contributed by atoms with Crippen molar-refractivity contribution >= 4 is 5.84 Å². The van der Waals surface area contributed by atoms with E-state index in [4.69, 9.17) is 5.73 Å². The molecule has 0 amide bonds. The van der Waals surface area contributed by atoms with Crippen molar-refractivity contribution in [3.63, 3.8) is 0 Å².